The van der Waals surface area contributed by atoms with Gasteiger partial charge in [0.2, 0.25) is 27.2 Å². The van der Waals surface area contributed by atoms with Crippen LogP contribution in [0.15, 0.2) is 121 Å². The molecule has 16 nitrogen and oxygen atoms in total. The van der Waals surface area contributed by atoms with Crippen LogP contribution in [0.5, 0.6) is 46.0 Å². The third kappa shape index (κ3) is 16.7. The Bertz CT molecular complexity index is 3560. The number of nitrogens with two attached hydrogens (primary N) is 4. The predicted octanol–water partition coefficient (Wildman–Crippen LogP) is 16.8. The predicted molar refractivity (Wildman–Crippen MR) is 414 cm³/mol. The second kappa shape index (κ2) is 36.2. The molecule has 13 rings (SSSR count). The SMILES string of the molecule is CCCCCC1c2cc3c4c(CNCc5cccc(CN)c5)c2OCOc2c1cc1c(c2CNCc2cccc(CN)c2)OCOc2c(cc5c(c2CNCc2cccc(CN)c2)OCOc2c(cc(c(c2CNCc2cccc(CN)c2)OCO4)C3CCCCC)C5CCCCC)C1CCCCC. The van der Waals surface area contributed by atoms with Crippen molar-refractivity contribution in [3.63, 3.8) is 0 Å². The lowest BCUT2D eigenvalue weighted by Gasteiger charge is -2.38. The molecule has 0 unspecified atom stereocenters. The van der Waals surface area contributed by atoms with E-state index in [9.17, 15) is 0 Å². The molecule has 0 saturated carbocycles. The van der Waals surface area contributed by atoms with E-state index in [1.165, 1.54) is 0 Å². The molecule has 0 aromatic heterocycles. The van der Waals surface area contributed by atoms with Gasteiger partial charge < -0.3 is 82.1 Å². The van der Waals surface area contributed by atoms with Crippen LogP contribution in [0.1, 0.15) is 265 Å². The minimum atomic E-state index is -0.202. The summed E-state index contributed by atoms with van der Waals surface area (Å²) in [5, 5.41) is 15.8. The normalized spacial score (nSPS) is 16.6. The van der Waals surface area contributed by atoms with Gasteiger partial charge in [-0.3, -0.25) is 0 Å². The first-order valence-electron chi connectivity index (χ1n) is 39.0. The molecular weight excluding hydrogens is 1300 g/mol. The summed E-state index contributed by atoms with van der Waals surface area (Å²) in [7, 11) is 0. The number of hydrogen-bond acceptors (Lipinski definition) is 16. The molecule has 8 aromatic carbocycles. The van der Waals surface area contributed by atoms with E-state index in [0.29, 0.717) is 78.5 Å². The van der Waals surface area contributed by atoms with Crippen LogP contribution in [-0.4, -0.2) is 27.2 Å². The summed E-state index contributed by atoms with van der Waals surface area (Å²) < 4.78 is 59.1. The van der Waals surface area contributed by atoms with Gasteiger partial charge in [0.25, 0.3) is 0 Å². The number of unbranched alkanes of at least 4 members (excludes halogenated alkanes) is 8. The summed E-state index contributed by atoms with van der Waals surface area (Å²) in [6.07, 6.45) is 15.7. The first-order chi connectivity index (χ1) is 51.3. The van der Waals surface area contributed by atoms with Gasteiger partial charge in [0, 0.05) is 147 Å². The van der Waals surface area contributed by atoms with E-state index in [-0.39, 0.29) is 50.8 Å². The molecule has 0 radical (unpaired) electrons. The highest BCUT2D eigenvalue weighted by atomic mass is 16.7. The van der Waals surface area contributed by atoms with Crippen molar-refractivity contribution in [1.82, 2.24) is 21.3 Å². The van der Waals surface area contributed by atoms with Gasteiger partial charge in [-0.1, -0.05) is 202 Å². The third-order valence-corrected chi connectivity index (χ3v) is 22.0. The topological polar surface area (TPSA) is 226 Å². The second-order valence-corrected chi connectivity index (χ2v) is 29.1. The summed E-state index contributed by atoms with van der Waals surface area (Å²) in [6.45, 7) is 14.9. The minimum Gasteiger partial charge on any atom is -0.457 e. The van der Waals surface area contributed by atoms with Crippen molar-refractivity contribution in [2.45, 2.75) is 233 Å². The molecule has 552 valence electrons. The Morgan fingerprint density at radius 3 is 0.635 bits per heavy atom. The van der Waals surface area contributed by atoms with E-state index in [2.05, 4.69) is 170 Å². The lowest BCUT2D eigenvalue weighted by atomic mass is 9.74. The molecule has 5 aliphatic rings. The Balaban J connectivity index is 1.13. The number of ether oxygens (including phenoxy) is 8. The largest absolute Gasteiger partial charge is 0.457 e. The van der Waals surface area contributed by atoms with Crippen molar-refractivity contribution in [3.05, 3.63) is 233 Å². The molecule has 0 saturated heterocycles. The highest BCUT2D eigenvalue weighted by Crippen LogP contribution is 2.59. The third-order valence-electron chi connectivity index (χ3n) is 22.0. The molecule has 16 heteroatoms. The van der Waals surface area contributed by atoms with Crippen LogP contribution in [0.25, 0.3) is 0 Å². The standard InChI is InChI=1S/C88H112N8O8/c1-5-9-13-29-65-69-37-71-66(30-14-10-6-2)73-39-75-68(32-16-12-8-4)76-40-74-67(31-15-11-7-3)72-38-70(65)82-78(50-94-46-62-26-18-22-58(34-62)42-90)84(72)100-55-102-86(74)80(52-96-48-64-28-20-24-60(36-64)44-92)88(76)104-56-103-87(75)79(51-95-47-63-27-19-23-59(35-63)43-91)85(73)101-54-99-83(71)77(81(69)97-53-98-82)49-93-45-61-25-17-21-57(33-61)41-89/h17-28,33-40,65-68,93-96H,5-16,29-32,41-56,89-92H2,1-4H3. The van der Waals surface area contributed by atoms with Crippen molar-refractivity contribution < 1.29 is 37.9 Å². The monoisotopic (exact) mass is 1410 g/mol. The summed E-state index contributed by atoms with van der Waals surface area (Å²) in [5.41, 5.74) is 46.8. The zero-order chi connectivity index (χ0) is 71.7. The first-order valence-corrected chi connectivity index (χ1v) is 39.0. The molecule has 104 heavy (non-hydrogen) atoms. The highest BCUT2D eigenvalue weighted by Gasteiger charge is 2.42. The Hall–Kier alpha value is -8.16. The van der Waals surface area contributed by atoms with Crippen molar-refractivity contribution in [1.29, 1.82) is 0 Å². The fourth-order valence-corrected chi connectivity index (χ4v) is 16.8. The molecule has 0 fully saturated rings. The lowest BCUT2D eigenvalue weighted by Crippen LogP contribution is -2.27. The molecule has 12 N–H and O–H groups in total. The van der Waals surface area contributed by atoms with E-state index in [4.69, 9.17) is 60.8 Å². The summed E-state index contributed by atoms with van der Waals surface area (Å²) >= 11 is 0. The quantitative estimate of drug-likeness (QED) is 0.0171. The molecule has 0 atom stereocenters. The van der Waals surface area contributed by atoms with E-state index in [0.717, 1.165) is 260 Å². The van der Waals surface area contributed by atoms with Gasteiger partial charge in [-0.2, -0.15) is 0 Å². The molecule has 1 aliphatic carbocycles. The Kier molecular flexibility index (Phi) is 25.8. The molecular formula is C88H112N8O8. The van der Waals surface area contributed by atoms with Crippen LogP contribution in [0, 0.1) is 0 Å². The fraction of sp³-hybridized carbons (Fsp3) is 0.455. The van der Waals surface area contributed by atoms with Crippen LogP contribution < -0.4 is 82.1 Å². The van der Waals surface area contributed by atoms with Crippen molar-refractivity contribution in [3.8, 4) is 46.0 Å². The van der Waals surface area contributed by atoms with Crippen LogP contribution in [0.3, 0.4) is 0 Å². The van der Waals surface area contributed by atoms with E-state index < -0.39 is 0 Å². The van der Waals surface area contributed by atoms with E-state index in [1.54, 1.807) is 0 Å². The van der Waals surface area contributed by atoms with Crippen LogP contribution >= 0.6 is 0 Å². The minimum absolute atomic E-state index is 0.0632. The van der Waals surface area contributed by atoms with Gasteiger partial charge >= 0.3 is 0 Å². The van der Waals surface area contributed by atoms with Gasteiger partial charge in [-0.05, 0) is 94.5 Å². The summed E-state index contributed by atoms with van der Waals surface area (Å²) in [4.78, 5) is 0. The van der Waals surface area contributed by atoms with Crippen LogP contribution in [-0.2, 0) is 78.5 Å². The van der Waals surface area contributed by atoms with Gasteiger partial charge in [0.1, 0.15) is 46.0 Å². The maximum absolute atomic E-state index is 7.39. The number of nitrogens with one attached hydrogen (secondary N) is 4. The Morgan fingerprint density at radius 2 is 0.452 bits per heavy atom. The van der Waals surface area contributed by atoms with Gasteiger partial charge in [-0.15, -0.1) is 0 Å². The number of benzene rings is 8. The van der Waals surface area contributed by atoms with E-state index in [1.807, 2.05) is 0 Å². The number of rotatable bonds is 36. The van der Waals surface area contributed by atoms with Crippen LogP contribution in [0.4, 0.5) is 0 Å². The van der Waals surface area contributed by atoms with Gasteiger partial charge in [0.05, 0.1) is 22.3 Å². The van der Waals surface area contributed by atoms with E-state index >= 15 is 0 Å². The Morgan fingerprint density at radius 1 is 0.260 bits per heavy atom. The maximum Gasteiger partial charge on any atom is 0.230 e. The van der Waals surface area contributed by atoms with Gasteiger partial charge in [0.15, 0.2) is 0 Å². The average Bonchev–Trinajstić information content (AvgIpc) is 0.722. The molecule has 8 bridgehead atoms. The van der Waals surface area contributed by atoms with Crippen molar-refractivity contribution in [2.75, 3.05) is 27.2 Å². The molecule has 4 aliphatic heterocycles. The summed E-state index contributed by atoms with van der Waals surface area (Å²) in [6, 6.07) is 44.2. The molecule has 4 heterocycles. The zero-order valence-corrected chi connectivity index (χ0v) is 62.1. The fourth-order valence-electron chi connectivity index (χ4n) is 16.8. The summed E-state index contributed by atoms with van der Waals surface area (Å²) in [5.74, 6) is 5.44. The highest BCUT2D eigenvalue weighted by molar-refractivity contribution is 5.70. The average molecular weight is 1410 g/mol. The van der Waals surface area contributed by atoms with Crippen molar-refractivity contribution in [2.24, 2.45) is 22.9 Å². The molecule has 0 amide bonds. The van der Waals surface area contributed by atoms with Crippen molar-refractivity contribution >= 4 is 0 Å². The van der Waals surface area contributed by atoms with Gasteiger partial charge in [-0.25, -0.2) is 0 Å². The first kappa shape index (κ1) is 74.1. The number of hydrogen-bond donors (Lipinski definition) is 8. The van der Waals surface area contributed by atoms with Crippen LogP contribution in [0.2, 0.25) is 0 Å². The zero-order valence-electron chi connectivity index (χ0n) is 62.1. The lowest BCUT2D eigenvalue weighted by molar-refractivity contribution is 0.0938. The molecule has 0 spiro atoms. The Labute approximate surface area is 617 Å². The maximum atomic E-state index is 7.39. The molecule has 8 aromatic rings. The smallest absolute Gasteiger partial charge is 0.230 e. The second-order valence-electron chi connectivity index (χ2n) is 29.1.